The van der Waals surface area contributed by atoms with Gasteiger partial charge in [-0.15, -0.1) is 0 Å². The van der Waals surface area contributed by atoms with Crippen LogP contribution in [0, 0.1) is 12.7 Å². The van der Waals surface area contributed by atoms with Crippen LogP contribution in [-0.2, 0) is 14.9 Å². The molecule has 0 fully saturated rings. The molecule has 618 valence electrons. The predicted molar refractivity (Wildman–Crippen MR) is 420 cm³/mol. The van der Waals surface area contributed by atoms with Gasteiger partial charge in [0.1, 0.15) is 133 Å². The zero-order valence-corrected chi connectivity index (χ0v) is 68.7. The van der Waals surface area contributed by atoms with Crippen molar-refractivity contribution in [3.8, 4) is 109 Å². The second-order valence-electron chi connectivity index (χ2n) is 26.7. The van der Waals surface area contributed by atoms with E-state index >= 15 is 0 Å². The summed E-state index contributed by atoms with van der Waals surface area (Å²) in [5.41, 5.74) is 5.25. The summed E-state index contributed by atoms with van der Waals surface area (Å²) in [6.45, 7) is 1.90. The van der Waals surface area contributed by atoms with Crippen molar-refractivity contribution >= 4 is 56.6 Å². The number of ether oxygens (including phenoxy) is 11. The third kappa shape index (κ3) is 21.7. The second-order valence-corrected chi connectivity index (χ2v) is 28.6. The standard InChI is InChI=1S/C19H20O9S.C17H14O6.C17H16O4.C16H13ClO5.C16H13FO5.CH4.K/c1-26-16-4-3-11(7-13(16)20)17-10-15(22)19-14(21)8-12(9-18(19)28-17)27-5-2-6-29(23,24)25;1-22-17(21)10-4-2-3-9(5-10)14-8-13(20)16-12(19)6-11(18)7-15(16)23-14;1-10-6-7-11(8-15(10)20-2)16-9-13(19)17-12(18)4-3-5-14(17)21-16;1-21-13-3-2-8(4-11(13)19)14-7-12(20)16-10(17)5-9(18)6-15(16)22-14;1-21-13-3-2-8(4-10(13)18)14-7-12(20)16-11(19)5-9(17)6-15(16)22-14;;/h3-4,7-9,17,20-21H,2,5-6,10H2,1H3,(H,23,24,25);2-7,14,18-19H,8H2,1H3;3-8,16,18H,9H2,1-2H3;2*2-6,14,18-19H,7H2,1H3;1H4;/q;;;;;;+1/p-1. The van der Waals surface area contributed by atoms with Gasteiger partial charge in [0, 0.05) is 48.2 Å². The molecule has 5 atom stereocenters. The van der Waals surface area contributed by atoms with Gasteiger partial charge in [-0.2, -0.15) is 0 Å². The topological polar surface area (TPSA) is 443 Å². The fourth-order valence-corrected chi connectivity index (χ4v) is 14.0. The molecular weight excluding hydrogens is 1620 g/mol. The molecule has 5 aliphatic rings. The third-order valence-corrected chi connectivity index (χ3v) is 19.9. The molecule has 0 saturated heterocycles. The number of fused-ring (bicyclic) bond motifs is 5. The molecule has 15 rings (SSSR count). The Kier molecular flexibility index (Phi) is 30.2. The van der Waals surface area contributed by atoms with Crippen LogP contribution < -0.4 is 98.8 Å². The number of phenols is 9. The van der Waals surface area contributed by atoms with Crippen LogP contribution in [0.2, 0.25) is 5.02 Å². The number of carbonyl (C=O) groups is 6. The molecule has 0 amide bonds. The van der Waals surface area contributed by atoms with E-state index in [2.05, 4.69) is 4.74 Å². The molecule has 0 saturated carbocycles. The smallest absolute Gasteiger partial charge is 0.748 e. The van der Waals surface area contributed by atoms with Crippen molar-refractivity contribution in [2.45, 2.75) is 83.4 Å². The van der Waals surface area contributed by atoms with Gasteiger partial charge in [-0.05, 0) is 120 Å². The van der Waals surface area contributed by atoms with Gasteiger partial charge < -0.3 is 103 Å². The van der Waals surface area contributed by atoms with Crippen molar-refractivity contribution in [2.75, 3.05) is 47.9 Å². The number of halogens is 2. The van der Waals surface area contributed by atoms with E-state index in [0.29, 0.717) is 45.1 Å². The first-order valence-corrected chi connectivity index (χ1v) is 37.5. The van der Waals surface area contributed by atoms with Gasteiger partial charge >= 0.3 is 57.4 Å². The van der Waals surface area contributed by atoms with Gasteiger partial charge in [0.05, 0.1) is 101 Å². The number of hydrogen-bond acceptors (Lipinski definition) is 29. The summed E-state index contributed by atoms with van der Waals surface area (Å²) < 4.78 is 104. The zero-order valence-electron chi connectivity index (χ0n) is 64.0. The molecule has 0 bridgehead atoms. The van der Waals surface area contributed by atoms with Crippen LogP contribution in [0.3, 0.4) is 0 Å². The summed E-state index contributed by atoms with van der Waals surface area (Å²) in [5, 5.41) is 88.3. The molecule has 5 aliphatic heterocycles. The number of ketones is 5. The Balaban J connectivity index is 0.000000169. The summed E-state index contributed by atoms with van der Waals surface area (Å²) in [4.78, 5) is 73.1. The Hall–Kier alpha value is -12.0. The van der Waals surface area contributed by atoms with Crippen LogP contribution in [0.4, 0.5) is 4.39 Å². The van der Waals surface area contributed by atoms with Crippen LogP contribution in [0.15, 0.2) is 164 Å². The molecule has 10 aromatic rings. The number of benzene rings is 10. The van der Waals surface area contributed by atoms with Crippen molar-refractivity contribution in [1.82, 2.24) is 0 Å². The SMILES string of the molecule is C.COC(=O)c1cccc(C2CC(=O)c3c(O)cc(O)cc3O2)c1.COc1cc(C2CC(=O)c3c(O)cccc3O2)ccc1C.COc1ccc(C2CC(=O)c3c(Cl)cc(O)cc3O2)cc1O.COc1ccc(C2CC(=O)c3c(O)cc(F)cc3O2)cc1O.COc1ccc(C2CC(=O)c3c(O)cc(OCCCS(=O)(=O)[O-])cc3O2)cc1O.[K+]. The molecule has 33 heteroatoms. The number of phenolic OH excluding ortho intramolecular Hbond substituents is 9. The summed E-state index contributed by atoms with van der Waals surface area (Å²) in [6, 6.07) is 40.9. The maximum atomic E-state index is 13.4. The maximum Gasteiger partial charge on any atom is 1.00 e. The number of rotatable bonds is 15. The van der Waals surface area contributed by atoms with Crippen molar-refractivity contribution < 1.29 is 196 Å². The van der Waals surface area contributed by atoms with Gasteiger partial charge in [0.2, 0.25) is 0 Å². The third-order valence-electron chi connectivity index (χ3n) is 18.8. The van der Waals surface area contributed by atoms with E-state index in [-0.39, 0.29) is 252 Å². The number of hydrogen-bond donors (Lipinski definition) is 9. The Labute approximate surface area is 728 Å². The summed E-state index contributed by atoms with van der Waals surface area (Å²) >= 11 is 5.98. The minimum Gasteiger partial charge on any atom is -0.748 e. The van der Waals surface area contributed by atoms with Crippen LogP contribution in [0.25, 0.3) is 0 Å². The average molecular weight is 1700 g/mol. The fourth-order valence-electron chi connectivity index (χ4n) is 13.2. The molecule has 0 aromatic heterocycles. The van der Waals surface area contributed by atoms with Gasteiger partial charge in [0.15, 0.2) is 63.4 Å². The molecule has 119 heavy (non-hydrogen) atoms. The maximum absolute atomic E-state index is 13.4. The van der Waals surface area contributed by atoms with E-state index in [9.17, 15) is 92.1 Å². The number of carbonyl (C=O) groups excluding carboxylic acids is 6. The number of methoxy groups -OCH3 is 5. The Morgan fingerprint density at radius 2 is 0.824 bits per heavy atom. The Morgan fingerprint density at radius 3 is 1.29 bits per heavy atom. The minimum atomic E-state index is -4.33. The van der Waals surface area contributed by atoms with Crippen molar-refractivity contribution in [3.05, 3.63) is 241 Å². The van der Waals surface area contributed by atoms with E-state index in [4.69, 9.17) is 59.0 Å². The van der Waals surface area contributed by atoms with Crippen LogP contribution >= 0.6 is 11.6 Å². The molecule has 10 aromatic carbocycles. The van der Waals surface area contributed by atoms with Gasteiger partial charge in [-0.3, -0.25) is 24.0 Å². The van der Waals surface area contributed by atoms with E-state index < -0.39 is 57.8 Å². The van der Waals surface area contributed by atoms with Crippen molar-refractivity contribution in [3.63, 3.8) is 0 Å². The summed E-state index contributed by atoms with van der Waals surface area (Å²) in [7, 11) is 2.88. The molecule has 0 aliphatic carbocycles. The molecule has 5 heterocycles. The number of aryl methyl sites for hydroxylation is 1. The van der Waals surface area contributed by atoms with Crippen molar-refractivity contribution in [1.29, 1.82) is 0 Å². The molecule has 5 unspecified atom stereocenters. The second kappa shape index (κ2) is 39.5. The Bertz CT molecular complexity index is 5510. The molecule has 9 N–H and O–H groups in total. The van der Waals surface area contributed by atoms with Gasteiger partial charge in [-0.25, -0.2) is 17.6 Å². The van der Waals surface area contributed by atoms with Crippen LogP contribution in [-0.4, -0.2) is 142 Å². The molecule has 29 nitrogen and oxygen atoms in total. The number of Topliss-reactive ketones (excluding diaryl/α,β-unsaturated/α-hetero) is 5. The minimum absolute atomic E-state index is 0. The monoisotopic (exact) mass is 1700 g/mol. The predicted octanol–water partition coefficient (Wildman–Crippen LogP) is 12.2. The number of aromatic hydroxyl groups is 9. The first-order valence-electron chi connectivity index (χ1n) is 35.5. The normalized spacial score (nSPS) is 16.3. The van der Waals surface area contributed by atoms with Crippen LogP contribution in [0.5, 0.6) is 109 Å². The fraction of sp³-hybridized carbons (Fsp3) is 0.233. The number of esters is 1. The molecular formula is C86H79ClFKO29S. The molecule has 0 spiro atoms. The molecule has 0 radical (unpaired) electrons. The Morgan fingerprint density at radius 1 is 0.437 bits per heavy atom. The zero-order chi connectivity index (χ0) is 84.4. The van der Waals surface area contributed by atoms with Crippen molar-refractivity contribution in [2.24, 2.45) is 0 Å². The average Bonchev–Trinajstić information content (AvgIpc) is 0.785. The summed E-state index contributed by atoms with van der Waals surface area (Å²) in [5.74, 6) is -1.86. The van der Waals surface area contributed by atoms with Gasteiger partial charge in [0.25, 0.3) is 0 Å². The first kappa shape index (κ1) is 90.9. The first-order chi connectivity index (χ1) is 55.7. The van der Waals surface area contributed by atoms with E-state index in [0.717, 1.165) is 35.1 Å². The van der Waals surface area contributed by atoms with Gasteiger partial charge in [-0.1, -0.05) is 67.6 Å². The van der Waals surface area contributed by atoms with E-state index in [1.54, 1.807) is 79.9 Å². The summed E-state index contributed by atoms with van der Waals surface area (Å²) in [6.07, 6.45) is -2.62. The largest absolute Gasteiger partial charge is 1.00 e. The van der Waals surface area contributed by atoms with E-state index in [1.807, 2.05) is 25.1 Å². The van der Waals surface area contributed by atoms with Crippen LogP contribution in [0.1, 0.15) is 172 Å². The van der Waals surface area contributed by atoms with E-state index in [1.165, 1.54) is 83.0 Å². The quantitative estimate of drug-likeness (QED) is 0.0199.